The van der Waals surface area contributed by atoms with Crippen LogP contribution >= 0.6 is 0 Å². The first-order chi connectivity index (χ1) is 25.4. The second kappa shape index (κ2) is 25.9. The molecule has 0 spiro atoms. The van der Waals surface area contributed by atoms with Gasteiger partial charge in [0.1, 0.15) is 12.2 Å². The molecule has 2 aliphatic heterocycles. The molecule has 0 aromatic carbocycles. The first kappa shape index (κ1) is 47.0. The summed E-state index contributed by atoms with van der Waals surface area (Å²) in [7, 11) is 0. The Hall–Kier alpha value is -2.12. The van der Waals surface area contributed by atoms with Crippen LogP contribution in [0.2, 0.25) is 0 Å². The molecule has 11 nitrogen and oxygen atoms in total. The summed E-state index contributed by atoms with van der Waals surface area (Å²) in [6.07, 6.45) is 11.9. The molecule has 0 saturated carbocycles. The topological polar surface area (TPSA) is 121 Å². The zero-order valence-corrected chi connectivity index (χ0v) is 34.5. The fourth-order valence-corrected chi connectivity index (χ4v) is 6.78. The molecule has 0 bridgehead atoms. The lowest BCUT2D eigenvalue weighted by Gasteiger charge is -2.28. The molecule has 0 radical (unpaired) electrons. The standard InChI is InChI=1S/C42H72O11/c1-11-36(49-26-23-46-13-3)33(8)41-38(52-41)29-42(10,50-27-24-47-14-4)21-15-16-31(6)40-32(7)18-20-37(51-34(9)43)30(5)17-19-35(28-39(44)53-40)48-25-22-45-12-2/h15-16,18,20-21,30,32-33,35-38,40-41H,11-14,17,19,22-29H2,1-10H3/b20-18+,21-15+,31-16+. The second-order valence-electron chi connectivity index (χ2n) is 14.5. The van der Waals surface area contributed by atoms with Gasteiger partial charge in [0.05, 0.1) is 76.1 Å². The second-order valence-corrected chi connectivity index (χ2v) is 14.5. The summed E-state index contributed by atoms with van der Waals surface area (Å²) in [5.74, 6) is -0.578. The van der Waals surface area contributed by atoms with Crippen LogP contribution in [0.25, 0.3) is 0 Å². The number of allylic oxidation sites excluding steroid dienone is 2. The molecule has 10 unspecified atom stereocenters. The Bertz CT molecular complexity index is 1120. The minimum absolute atomic E-state index is 0.0352. The van der Waals surface area contributed by atoms with Crippen LogP contribution in [0, 0.1) is 17.8 Å². The van der Waals surface area contributed by atoms with Gasteiger partial charge in [-0.25, -0.2) is 0 Å². The van der Waals surface area contributed by atoms with Gasteiger partial charge in [0.25, 0.3) is 0 Å². The lowest BCUT2D eigenvalue weighted by Crippen LogP contribution is -2.32. The summed E-state index contributed by atoms with van der Waals surface area (Å²) < 4.78 is 53.2. The average molecular weight is 753 g/mol. The molecule has 11 heteroatoms. The SMILES string of the molecule is CCOCCOC1CCC(C)C(OC(C)=O)/C=C/C(C)C(/C(C)=C/C=C/C(C)(CC2OC2C(C)C(CC)OCCOCC)OCCOCC)OC(=O)C1. The number of esters is 2. The molecule has 0 aliphatic carbocycles. The first-order valence-electron chi connectivity index (χ1n) is 20.0. The normalized spacial score (nSPS) is 28.7. The van der Waals surface area contributed by atoms with Gasteiger partial charge in [-0.2, -0.15) is 0 Å². The van der Waals surface area contributed by atoms with Gasteiger partial charge in [-0.3, -0.25) is 9.59 Å². The zero-order valence-electron chi connectivity index (χ0n) is 34.5. The summed E-state index contributed by atoms with van der Waals surface area (Å²) in [5, 5.41) is 0. The Balaban J connectivity index is 2.26. The van der Waals surface area contributed by atoms with Gasteiger partial charge in [0.2, 0.25) is 0 Å². The van der Waals surface area contributed by atoms with Crippen LogP contribution in [0.4, 0.5) is 0 Å². The summed E-state index contributed by atoms with van der Waals surface area (Å²) in [4.78, 5) is 25.4. The number of rotatable bonds is 24. The molecule has 306 valence electrons. The van der Waals surface area contributed by atoms with E-state index in [1.807, 2.05) is 58.9 Å². The Morgan fingerprint density at radius 1 is 0.943 bits per heavy atom. The van der Waals surface area contributed by atoms with Crippen molar-refractivity contribution in [3.63, 3.8) is 0 Å². The van der Waals surface area contributed by atoms with Gasteiger partial charge in [-0.1, -0.05) is 52.0 Å². The number of epoxide rings is 1. The van der Waals surface area contributed by atoms with Crippen molar-refractivity contribution in [1.82, 2.24) is 0 Å². The van der Waals surface area contributed by atoms with E-state index in [0.29, 0.717) is 72.3 Å². The van der Waals surface area contributed by atoms with Crippen molar-refractivity contribution in [1.29, 1.82) is 0 Å². The number of cyclic esters (lactones) is 1. The lowest BCUT2D eigenvalue weighted by molar-refractivity contribution is -0.152. The van der Waals surface area contributed by atoms with E-state index in [1.54, 1.807) is 0 Å². The quantitative estimate of drug-likeness (QED) is 0.0327. The van der Waals surface area contributed by atoms with Crippen molar-refractivity contribution in [2.75, 3.05) is 59.5 Å². The van der Waals surface area contributed by atoms with E-state index in [1.165, 1.54) is 6.92 Å². The van der Waals surface area contributed by atoms with Gasteiger partial charge >= 0.3 is 11.9 Å². The van der Waals surface area contributed by atoms with Crippen molar-refractivity contribution in [3.05, 3.63) is 36.0 Å². The summed E-state index contributed by atoms with van der Waals surface area (Å²) >= 11 is 0. The largest absolute Gasteiger partial charge is 0.458 e. The number of carbonyl (C=O) groups is 2. The van der Waals surface area contributed by atoms with Gasteiger partial charge in [-0.05, 0) is 71.4 Å². The Morgan fingerprint density at radius 3 is 2.25 bits per heavy atom. The fraction of sp³-hybridized carbons (Fsp3) is 0.810. The van der Waals surface area contributed by atoms with E-state index in [9.17, 15) is 9.59 Å². The van der Waals surface area contributed by atoms with Crippen molar-refractivity contribution in [2.45, 2.75) is 144 Å². The van der Waals surface area contributed by atoms with Gasteiger partial charge in [0, 0.05) is 45.0 Å². The predicted octanol–water partition coefficient (Wildman–Crippen LogP) is 7.20. The van der Waals surface area contributed by atoms with Crippen molar-refractivity contribution < 1.29 is 52.2 Å². The van der Waals surface area contributed by atoms with Gasteiger partial charge in [-0.15, -0.1) is 0 Å². The number of ether oxygens (including phenoxy) is 9. The van der Waals surface area contributed by atoms with Gasteiger partial charge in [0.15, 0.2) is 0 Å². The predicted molar refractivity (Wildman–Crippen MR) is 206 cm³/mol. The molecule has 2 rings (SSSR count). The molecular formula is C42H72O11. The maximum Gasteiger partial charge on any atom is 0.309 e. The lowest BCUT2D eigenvalue weighted by atomic mass is 9.90. The third-order valence-electron chi connectivity index (χ3n) is 9.95. The molecule has 0 aromatic rings. The summed E-state index contributed by atoms with van der Waals surface area (Å²) in [6, 6.07) is 0. The highest BCUT2D eigenvalue weighted by atomic mass is 16.6. The Kier molecular flexibility index (Phi) is 23.0. The monoisotopic (exact) mass is 753 g/mol. The minimum Gasteiger partial charge on any atom is -0.458 e. The molecule has 0 aromatic heterocycles. The summed E-state index contributed by atoms with van der Waals surface area (Å²) in [6.45, 7) is 24.6. The van der Waals surface area contributed by atoms with Crippen LogP contribution in [-0.4, -0.2) is 114 Å². The molecule has 2 heterocycles. The van der Waals surface area contributed by atoms with Crippen LogP contribution < -0.4 is 0 Å². The fourth-order valence-electron chi connectivity index (χ4n) is 6.78. The molecule has 53 heavy (non-hydrogen) atoms. The molecule has 1 fully saturated rings. The van der Waals surface area contributed by atoms with Crippen molar-refractivity contribution in [3.8, 4) is 0 Å². The molecule has 0 N–H and O–H groups in total. The van der Waals surface area contributed by atoms with E-state index >= 15 is 0 Å². The molecule has 10 atom stereocenters. The van der Waals surface area contributed by atoms with Crippen LogP contribution in [-0.2, 0) is 52.2 Å². The molecule has 2 aliphatic rings. The molecular weight excluding hydrogens is 680 g/mol. The first-order valence-corrected chi connectivity index (χ1v) is 20.0. The third kappa shape index (κ3) is 18.4. The average Bonchev–Trinajstić information content (AvgIpc) is 3.88. The zero-order chi connectivity index (χ0) is 39.2. The van der Waals surface area contributed by atoms with Crippen LogP contribution in [0.15, 0.2) is 36.0 Å². The Labute approximate surface area is 320 Å². The van der Waals surface area contributed by atoms with E-state index in [2.05, 4.69) is 33.8 Å². The van der Waals surface area contributed by atoms with Gasteiger partial charge < -0.3 is 42.6 Å². The van der Waals surface area contributed by atoms with E-state index in [4.69, 9.17) is 42.6 Å². The van der Waals surface area contributed by atoms with Crippen LogP contribution in [0.1, 0.15) is 101 Å². The number of hydrogen-bond donors (Lipinski definition) is 0. The maximum atomic E-state index is 13.4. The van der Waals surface area contributed by atoms with E-state index < -0.39 is 17.8 Å². The minimum atomic E-state index is -0.626. The number of carbonyl (C=O) groups excluding carboxylic acids is 2. The maximum absolute atomic E-state index is 13.4. The molecule has 1 saturated heterocycles. The number of hydrogen-bond acceptors (Lipinski definition) is 11. The third-order valence-corrected chi connectivity index (χ3v) is 9.95. The smallest absolute Gasteiger partial charge is 0.309 e. The van der Waals surface area contributed by atoms with E-state index in [-0.39, 0.29) is 60.5 Å². The highest BCUT2D eigenvalue weighted by Crippen LogP contribution is 2.39. The van der Waals surface area contributed by atoms with Crippen LogP contribution in [0.5, 0.6) is 0 Å². The van der Waals surface area contributed by atoms with Crippen molar-refractivity contribution in [2.24, 2.45) is 17.8 Å². The summed E-state index contributed by atoms with van der Waals surface area (Å²) in [5.41, 5.74) is 0.245. The van der Waals surface area contributed by atoms with E-state index in [0.717, 1.165) is 18.4 Å². The molecule has 0 amide bonds. The highest BCUT2D eigenvalue weighted by molar-refractivity contribution is 5.70. The Morgan fingerprint density at radius 2 is 1.60 bits per heavy atom. The van der Waals surface area contributed by atoms with Crippen LogP contribution in [0.3, 0.4) is 0 Å². The highest BCUT2D eigenvalue weighted by Gasteiger charge is 2.48. The van der Waals surface area contributed by atoms with Crippen molar-refractivity contribution >= 4 is 11.9 Å².